The van der Waals surface area contributed by atoms with Crippen LogP contribution in [0.25, 0.3) is 10.2 Å². The number of thioether (sulfide) groups is 1. The van der Waals surface area contributed by atoms with Crippen molar-refractivity contribution in [1.29, 1.82) is 0 Å². The number of hydrogen-bond acceptors (Lipinski definition) is 5. The number of rotatable bonds is 4. The third-order valence-electron chi connectivity index (χ3n) is 4.68. The first-order chi connectivity index (χ1) is 12.6. The van der Waals surface area contributed by atoms with Crippen molar-refractivity contribution in [2.45, 2.75) is 30.5 Å². The minimum Gasteiger partial charge on any atom is -0.349 e. The van der Waals surface area contributed by atoms with Crippen molar-refractivity contribution in [2.24, 2.45) is 7.05 Å². The van der Waals surface area contributed by atoms with Gasteiger partial charge in [0.2, 0.25) is 5.91 Å². The fourth-order valence-electron chi connectivity index (χ4n) is 3.37. The van der Waals surface area contributed by atoms with Crippen LogP contribution in [0.1, 0.15) is 30.0 Å². The molecule has 0 radical (unpaired) electrons. The topological polar surface area (TPSA) is 64.0 Å². The van der Waals surface area contributed by atoms with Gasteiger partial charge in [-0.1, -0.05) is 36.0 Å². The highest BCUT2D eigenvalue weighted by atomic mass is 32.2. The number of nitrogens with one attached hydrogen (secondary N) is 1. The molecule has 1 aliphatic rings. The number of fused-ring (bicyclic) bond motifs is 2. The highest BCUT2D eigenvalue weighted by molar-refractivity contribution is 7.99. The fourth-order valence-corrected chi connectivity index (χ4v) is 4.96. The molecule has 0 spiro atoms. The highest BCUT2D eigenvalue weighted by Gasteiger charge is 2.21. The molecule has 1 N–H and O–H groups in total. The predicted octanol–water partition coefficient (Wildman–Crippen LogP) is 3.28. The van der Waals surface area contributed by atoms with Crippen LogP contribution in [0.2, 0.25) is 0 Å². The second-order valence-corrected chi connectivity index (χ2v) is 8.25. The van der Waals surface area contributed by atoms with E-state index in [-0.39, 0.29) is 23.3 Å². The molecule has 26 heavy (non-hydrogen) atoms. The fraction of sp³-hybridized carbons (Fsp3) is 0.316. The summed E-state index contributed by atoms with van der Waals surface area (Å²) < 4.78 is 2.17. The summed E-state index contributed by atoms with van der Waals surface area (Å²) in [7, 11) is 1.70. The molecule has 1 amide bonds. The van der Waals surface area contributed by atoms with Gasteiger partial charge >= 0.3 is 0 Å². The molecule has 1 unspecified atom stereocenters. The van der Waals surface area contributed by atoms with Crippen LogP contribution < -0.4 is 10.9 Å². The number of hydrogen-bond donors (Lipinski definition) is 1. The molecule has 134 valence electrons. The molecule has 1 atom stereocenters. The summed E-state index contributed by atoms with van der Waals surface area (Å²) in [5, 5.41) is 5.57. The van der Waals surface area contributed by atoms with Crippen LogP contribution in [0.5, 0.6) is 0 Å². The average molecular weight is 386 g/mol. The van der Waals surface area contributed by atoms with Crippen LogP contribution in [0, 0.1) is 0 Å². The molecule has 0 bridgehead atoms. The van der Waals surface area contributed by atoms with Gasteiger partial charge in [-0.3, -0.25) is 14.2 Å². The Hall–Kier alpha value is -2.12. The van der Waals surface area contributed by atoms with Crippen LogP contribution >= 0.6 is 23.1 Å². The smallest absolute Gasteiger partial charge is 0.271 e. The van der Waals surface area contributed by atoms with Crippen molar-refractivity contribution < 1.29 is 4.79 Å². The Kier molecular flexibility index (Phi) is 4.82. The van der Waals surface area contributed by atoms with Gasteiger partial charge in [-0.2, -0.15) is 0 Å². The maximum absolute atomic E-state index is 12.5. The van der Waals surface area contributed by atoms with E-state index in [9.17, 15) is 9.59 Å². The second-order valence-electron chi connectivity index (χ2n) is 6.39. The van der Waals surface area contributed by atoms with Gasteiger partial charge in [-0.15, -0.1) is 11.3 Å². The molecule has 4 rings (SSSR count). The normalized spacial score (nSPS) is 16.4. The molecule has 7 heteroatoms. The van der Waals surface area contributed by atoms with Crippen molar-refractivity contribution in [2.75, 3.05) is 5.75 Å². The number of nitrogens with zero attached hydrogens (tertiary/aromatic N) is 2. The average Bonchev–Trinajstić information content (AvgIpc) is 3.12. The Morgan fingerprint density at radius 2 is 2.23 bits per heavy atom. The van der Waals surface area contributed by atoms with Crippen molar-refractivity contribution in [1.82, 2.24) is 14.9 Å². The molecule has 1 aliphatic carbocycles. The largest absolute Gasteiger partial charge is 0.349 e. The van der Waals surface area contributed by atoms with E-state index in [0.717, 1.165) is 19.3 Å². The van der Waals surface area contributed by atoms with E-state index in [1.807, 2.05) is 23.6 Å². The number of carbonyl (C=O) groups is 1. The molecule has 0 fully saturated rings. The van der Waals surface area contributed by atoms with E-state index in [2.05, 4.69) is 22.4 Å². The lowest BCUT2D eigenvalue weighted by molar-refractivity contribution is -0.119. The Labute approximate surface area is 159 Å². The number of thiophene rings is 1. The summed E-state index contributed by atoms with van der Waals surface area (Å²) in [4.78, 5) is 29.3. The summed E-state index contributed by atoms with van der Waals surface area (Å²) in [6.07, 6.45) is 3.12. The van der Waals surface area contributed by atoms with Crippen LogP contribution in [-0.4, -0.2) is 21.2 Å². The Morgan fingerprint density at radius 1 is 1.38 bits per heavy atom. The molecule has 5 nitrogen and oxygen atoms in total. The summed E-state index contributed by atoms with van der Waals surface area (Å²) in [5.74, 6) is 0.213. The zero-order chi connectivity index (χ0) is 18.1. The van der Waals surface area contributed by atoms with Gasteiger partial charge in [0.25, 0.3) is 5.56 Å². The Bertz CT molecular complexity index is 1030. The van der Waals surface area contributed by atoms with E-state index >= 15 is 0 Å². The minimum atomic E-state index is -0.0610. The molecular formula is C19H19N3O2S2. The number of amides is 1. The van der Waals surface area contributed by atoms with E-state index in [4.69, 9.17) is 0 Å². The van der Waals surface area contributed by atoms with E-state index in [1.165, 1.54) is 38.8 Å². The molecule has 0 aliphatic heterocycles. The van der Waals surface area contributed by atoms with Gasteiger partial charge in [0.15, 0.2) is 5.16 Å². The zero-order valence-electron chi connectivity index (χ0n) is 14.4. The van der Waals surface area contributed by atoms with Gasteiger partial charge < -0.3 is 5.32 Å². The van der Waals surface area contributed by atoms with E-state index in [1.54, 1.807) is 7.05 Å². The third kappa shape index (κ3) is 3.29. The highest BCUT2D eigenvalue weighted by Crippen LogP contribution is 2.29. The van der Waals surface area contributed by atoms with Crippen LogP contribution in [0.4, 0.5) is 0 Å². The van der Waals surface area contributed by atoms with Crippen LogP contribution in [0.3, 0.4) is 0 Å². The first kappa shape index (κ1) is 17.3. The summed E-state index contributed by atoms with van der Waals surface area (Å²) >= 11 is 2.70. The third-order valence-corrected chi connectivity index (χ3v) is 6.60. The van der Waals surface area contributed by atoms with Crippen molar-refractivity contribution in [3.05, 3.63) is 57.2 Å². The Morgan fingerprint density at radius 3 is 3.12 bits per heavy atom. The summed E-state index contributed by atoms with van der Waals surface area (Å²) in [6.45, 7) is 0. The molecule has 0 saturated carbocycles. The second kappa shape index (κ2) is 7.25. The van der Waals surface area contributed by atoms with Gasteiger partial charge in [-0.25, -0.2) is 4.98 Å². The van der Waals surface area contributed by atoms with E-state index < -0.39 is 0 Å². The lowest BCUT2D eigenvalue weighted by atomic mass is 9.88. The Balaban J connectivity index is 1.45. The zero-order valence-corrected chi connectivity index (χ0v) is 16.0. The maximum Gasteiger partial charge on any atom is 0.271 e. The predicted molar refractivity (Wildman–Crippen MR) is 106 cm³/mol. The minimum absolute atomic E-state index is 0.0311. The van der Waals surface area contributed by atoms with Crippen LogP contribution in [-0.2, 0) is 18.3 Å². The molecule has 0 saturated heterocycles. The SMILES string of the molecule is Cn1c(SCC(=O)NC2CCCc3ccccc32)nc2ccsc2c1=O. The monoisotopic (exact) mass is 385 g/mol. The lowest BCUT2D eigenvalue weighted by Gasteiger charge is -2.26. The molecular weight excluding hydrogens is 366 g/mol. The number of aryl methyl sites for hydroxylation is 1. The van der Waals surface area contributed by atoms with Gasteiger partial charge in [0, 0.05) is 7.05 Å². The molecule has 3 aromatic rings. The van der Waals surface area contributed by atoms with Crippen molar-refractivity contribution >= 4 is 39.2 Å². The van der Waals surface area contributed by atoms with Crippen molar-refractivity contribution in [3.8, 4) is 0 Å². The first-order valence-corrected chi connectivity index (χ1v) is 10.4. The van der Waals surface area contributed by atoms with E-state index in [0.29, 0.717) is 15.4 Å². The standard InChI is InChI=1S/C19H19N3O2S2/c1-22-18(24)17-15(9-10-25-17)21-19(22)26-11-16(23)20-14-8-4-6-12-5-2-3-7-13(12)14/h2-3,5,7,9-10,14H,4,6,8,11H2,1H3,(H,20,23). The molecule has 1 aromatic carbocycles. The summed E-state index contributed by atoms with van der Waals surface area (Å²) in [5.41, 5.74) is 3.18. The van der Waals surface area contributed by atoms with Crippen LogP contribution in [0.15, 0.2) is 45.7 Å². The lowest BCUT2D eigenvalue weighted by Crippen LogP contribution is -2.32. The number of carbonyl (C=O) groups excluding carboxylic acids is 1. The molecule has 2 heterocycles. The maximum atomic E-state index is 12.5. The van der Waals surface area contributed by atoms with Gasteiger partial charge in [0.05, 0.1) is 17.3 Å². The van der Waals surface area contributed by atoms with Crippen molar-refractivity contribution in [3.63, 3.8) is 0 Å². The number of aromatic nitrogens is 2. The first-order valence-electron chi connectivity index (χ1n) is 8.57. The number of benzene rings is 1. The molecule has 2 aromatic heterocycles. The quantitative estimate of drug-likeness (QED) is 0.553. The van der Waals surface area contributed by atoms with Gasteiger partial charge in [0.1, 0.15) is 4.70 Å². The van der Waals surface area contributed by atoms with Gasteiger partial charge in [-0.05, 0) is 41.8 Å². The summed E-state index contributed by atoms with van der Waals surface area (Å²) in [6, 6.07) is 10.2.